The molecule has 0 saturated carbocycles. The molecule has 2 saturated heterocycles. The maximum absolute atomic E-state index is 12.3. The number of carboxylic acid groups (broad SMARTS) is 1. The van der Waals surface area contributed by atoms with E-state index in [0.29, 0.717) is 17.9 Å². The molecule has 6 atom stereocenters. The van der Waals surface area contributed by atoms with Crippen LogP contribution in [0.15, 0.2) is 10.6 Å². The summed E-state index contributed by atoms with van der Waals surface area (Å²) >= 11 is 1.45. The van der Waals surface area contributed by atoms with Crippen LogP contribution in [0.2, 0.25) is 0 Å². The predicted octanol–water partition coefficient (Wildman–Crippen LogP) is -2.78. The molecule has 0 aliphatic carbocycles. The molecule has 0 bridgehead atoms. The SMILES string of the molecule is CC(O)[C@H]1C(=O)N2C(C(=O)O)=C(S[C@@H]3CNC(C(=O)N(C)C)C3)C(C)[C@H]12.O.O.O. The fourth-order valence-electron chi connectivity index (χ4n) is 4.15. The molecule has 0 spiro atoms. The maximum atomic E-state index is 12.3. The smallest absolute Gasteiger partial charge is 0.353 e. The normalized spacial score (nSPS) is 31.0. The lowest BCUT2D eigenvalue weighted by molar-refractivity contribution is -0.163. The van der Waals surface area contributed by atoms with E-state index < -0.39 is 18.0 Å². The van der Waals surface area contributed by atoms with Gasteiger partial charge in [0.2, 0.25) is 11.8 Å². The van der Waals surface area contributed by atoms with Crippen LogP contribution < -0.4 is 5.32 Å². The van der Waals surface area contributed by atoms with Gasteiger partial charge in [-0.2, -0.15) is 0 Å². The van der Waals surface area contributed by atoms with Crippen LogP contribution in [0, 0.1) is 11.8 Å². The first kappa shape index (κ1) is 27.3. The van der Waals surface area contributed by atoms with Gasteiger partial charge in [0.15, 0.2) is 0 Å². The number of carbonyl (C=O) groups is 3. The number of aliphatic carboxylic acids is 1. The van der Waals surface area contributed by atoms with E-state index in [1.807, 2.05) is 6.92 Å². The van der Waals surface area contributed by atoms with Crippen LogP contribution in [0.3, 0.4) is 0 Å². The number of rotatable bonds is 5. The van der Waals surface area contributed by atoms with Crippen molar-refractivity contribution in [2.24, 2.45) is 11.8 Å². The lowest BCUT2D eigenvalue weighted by atomic mass is 9.79. The van der Waals surface area contributed by atoms with Crippen molar-refractivity contribution in [1.82, 2.24) is 15.1 Å². The average Bonchev–Trinajstić information content (AvgIpc) is 3.09. The number of nitrogens with zero attached hydrogens (tertiary/aromatic N) is 2. The molecule has 3 unspecified atom stereocenters. The highest BCUT2D eigenvalue weighted by atomic mass is 32.2. The highest BCUT2D eigenvalue weighted by Crippen LogP contribution is 2.51. The van der Waals surface area contributed by atoms with Gasteiger partial charge >= 0.3 is 5.97 Å². The third-order valence-corrected chi connectivity index (χ3v) is 6.95. The van der Waals surface area contributed by atoms with E-state index >= 15 is 0 Å². The van der Waals surface area contributed by atoms with E-state index in [1.54, 1.807) is 25.9 Å². The Hall–Kier alpha value is -1.70. The Morgan fingerprint density at radius 1 is 1.28 bits per heavy atom. The molecule has 3 rings (SSSR count). The zero-order chi connectivity index (χ0) is 19.3. The molecule has 3 aliphatic rings. The van der Waals surface area contributed by atoms with E-state index in [-0.39, 0.29) is 57.2 Å². The van der Waals surface area contributed by atoms with Crippen LogP contribution in [0.1, 0.15) is 20.3 Å². The van der Waals surface area contributed by atoms with Crippen LogP contribution in [0.4, 0.5) is 0 Å². The fraction of sp³-hybridized carbons (Fsp3) is 0.706. The van der Waals surface area contributed by atoms with Crippen LogP contribution in [-0.2, 0) is 14.4 Å². The number of aliphatic hydroxyl groups is 1. The number of nitrogens with one attached hydrogen (secondary N) is 1. The quantitative estimate of drug-likeness (QED) is 0.385. The zero-order valence-corrected chi connectivity index (χ0v) is 17.6. The average molecular weight is 438 g/mol. The Bertz CT molecular complexity index is 684. The van der Waals surface area contributed by atoms with Gasteiger partial charge in [-0.05, 0) is 13.3 Å². The Morgan fingerprint density at radius 2 is 1.86 bits per heavy atom. The molecule has 3 heterocycles. The summed E-state index contributed by atoms with van der Waals surface area (Å²) in [6.45, 7) is 4.08. The summed E-state index contributed by atoms with van der Waals surface area (Å²) in [5.74, 6) is -2.14. The van der Waals surface area contributed by atoms with Crippen molar-refractivity contribution in [2.45, 2.75) is 43.7 Å². The highest BCUT2D eigenvalue weighted by molar-refractivity contribution is 8.03. The second-order valence-corrected chi connectivity index (χ2v) is 8.78. The first-order valence-electron chi connectivity index (χ1n) is 8.75. The summed E-state index contributed by atoms with van der Waals surface area (Å²) in [5, 5.41) is 22.8. The van der Waals surface area contributed by atoms with E-state index in [9.17, 15) is 24.6 Å². The number of aliphatic hydroxyl groups excluding tert-OH is 1. The molecular weight excluding hydrogens is 406 g/mol. The summed E-state index contributed by atoms with van der Waals surface area (Å²) in [6.07, 6.45) is -0.190. The first-order valence-corrected chi connectivity index (χ1v) is 9.62. The largest absolute Gasteiger partial charge is 0.477 e. The third-order valence-electron chi connectivity index (χ3n) is 5.43. The van der Waals surface area contributed by atoms with Crippen molar-refractivity contribution in [3.8, 4) is 0 Å². The number of carboxylic acids is 1. The number of likely N-dealkylation sites (N-methyl/N-ethyl adjacent to an activating group) is 1. The Labute approximate surface area is 173 Å². The number of hydrogen-bond donors (Lipinski definition) is 3. The Balaban J connectivity index is 0.00000261. The molecule has 29 heavy (non-hydrogen) atoms. The van der Waals surface area contributed by atoms with Gasteiger partial charge in [-0.15, -0.1) is 11.8 Å². The fourth-order valence-corrected chi connectivity index (χ4v) is 5.63. The van der Waals surface area contributed by atoms with Gasteiger partial charge in [0.25, 0.3) is 0 Å². The third kappa shape index (κ3) is 4.42. The summed E-state index contributed by atoms with van der Waals surface area (Å²) < 4.78 is 0. The number of carbonyl (C=O) groups excluding carboxylic acids is 2. The van der Waals surface area contributed by atoms with Crippen molar-refractivity contribution < 1.29 is 41.0 Å². The van der Waals surface area contributed by atoms with E-state index in [0.717, 1.165) is 0 Å². The monoisotopic (exact) mass is 437 g/mol. The highest BCUT2D eigenvalue weighted by Gasteiger charge is 2.60. The van der Waals surface area contributed by atoms with Crippen molar-refractivity contribution in [3.05, 3.63) is 10.6 Å². The predicted molar refractivity (Wildman–Crippen MR) is 107 cm³/mol. The minimum atomic E-state index is -1.12. The second-order valence-electron chi connectivity index (χ2n) is 7.44. The van der Waals surface area contributed by atoms with Gasteiger partial charge in [0.05, 0.1) is 24.1 Å². The minimum absolute atomic E-state index is 0. The second kappa shape index (κ2) is 9.87. The summed E-state index contributed by atoms with van der Waals surface area (Å²) in [6, 6.07) is -0.568. The molecule has 9 N–H and O–H groups in total. The lowest BCUT2D eigenvalue weighted by Gasteiger charge is -2.46. The van der Waals surface area contributed by atoms with Gasteiger partial charge in [-0.3, -0.25) is 9.59 Å². The Kier molecular flexibility index (Phi) is 9.29. The summed E-state index contributed by atoms with van der Waals surface area (Å²) in [4.78, 5) is 39.8. The molecule has 12 heteroatoms. The van der Waals surface area contributed by atoms with Crippen LogP contribution >= 0.6 is 11.8 Å². The molecule has 0 radical (unpaired) electrons. The van der Waals surface area contributed by atoms with Crippen molar-refractivity contribution in [1.29, 1.82) is 0 Å². The van der Waals surface area contributed by atoms with Crippen LogP contribution in [0.25, 0.3) is 0 Å². The van der Waals surface area contributed by atoms with E-state index in [2.05, 4.69) is 5.32 Å². The number of fused-ring (bicyclic) bond motifs is 1. The van der Waals surface area contributed by atoms with E-state index in [4.69, 9.17) is 0 Å². The van der Waals surface area contributed by atoms with Gasteiger partial charge in [-0.1, -0.05) is 6.92 Å². The minimum Gasteiger partial charge on any atom is -0.477 e. The molecular formula is C17H31N3O8S. The molecule has 0 aromatic heterocycles. The molecule has 3 aliphatic heterocycles. The maximum Gasteiger partial charge on any atom is 0.353 e. The Morgan fingerprint density at radius 3 is 2.34 bits per heavy atom. The lowest BCUT2D eigenvalue weighted by Crippen LogP contribution is -2.63. The van der Waals surface area contributed by atoms with Crippen molar-refractivity contribution in [3.63, 3.8) is 0 Å². The van der Waals surface area contributed by atoms with Crippen molar-refractivity contribution >= 4 is 29.5 Å². The van der Waals surface area contributed by atoms with Crippen LogP contribution in [-0.4, -0.2) is 98.3 Å². The molecule has 168 valence electrons. The molecule has 2 amide bonds. The molecule has 0 aromatic rings. The number of thioether (sulfide) groups is 1. The van der Waals surface area contributed by atoms with E-state index in [1.165, 1.54) is 16.7 Å². The molecule has 2 fully saturated rings. The number of amides is 2. The topological polar surface area (TPSA) is 205 Å². The summed E-state index contributed by atoms with van der Waals surface area (Å²) in [7, 11) is 3.42. The molecule has 0 aromatic carbocycles. The van der Waals surface area contributed by atoms with Crippen molar-refractivity contribution in [2.75, 3.05) is 20.6 Å². The van der Waals surface area contributed by atoms with Gasteiger partial charge < -0.3 is 41.8 Å². The number of hydrogen-bond acceptors (Lipinski definition) is 6. The first-order chi connectivity index (χ1) is 12.1. The zero-order valence-electron chi connectivity index (χ0n) is 16.8. The van der Waals surface area contributed by atoms with Gasteiger partial charge in [0.1, 0.15) is 5.70 Å². The summed E-state index contributed by atoms with van der Waals surface area (Å²) in [5.41, 5.74) is 0.0387. The number of β-lactam (4-membered cyclic amide) rings is 1. The van der Waals surface area contributed by atoms with Crippen LogP contribution in [0.5, 0.6) is 0 Å². The van der Waals surface area contributed by atoms with Gasteiger partial charge in [-0.25, -0.2) is 4.79 Å². The standard InChI is InChI=1S/C17H25N3O5S.3H2O/c1-7-12-11(8(2)21)16(23)20(12)13(17(24)25)14(7)26-9-5-10(18-6-9)15(22)19(3)4;;;/h7-12,18,21H,5-6H2,1-4H3,(H,24,25);3*1H2/t7?,8?,9-,10?,11+,12+;;;/m0.../s1. The van der Waals surface area contributed by atoms with Gasteiger partial charge in [0, 0.05) is 36.7 Å². The molecule has 11 nitrogen and oxygen atoms in total.